The van der Waals surface area contributed by atoms with Crippen molar-refractivity contribution in [3.8, 4) is 0 Å². The van der Waals surface area contributed by atoms with Gasteiger partial charge in [-0.3, -0.25) is 0 Å². The van der Waals surface area contributed by atoms with Crippen molar-refractivity contribution >= 4 is 37.4 Å². The first-order valence-corrected chi connectivity index (χ1v) is 6.81. The van der Waals surface area contributed by atoms with Crippen molar-refractivity contribution in [2.24, 2.45) is 0 Å². The molecule has 0 aliphatic heterocycles. The van der Waals surface area contributed by atoms with Gasteiger partial charge in [0.05, 0.1) is 0 Å². The summed E-state index contributed by atoms with van der Waals surface area (Å²) in [5.74, 6) is 0. The minimum absolute atomic E-state index is 0.904. The molecule has 0 radical (unpaired) electrons. The molecule has 0 bridgehead atoms. The molecule has 0 saturated heterocycles. The van der Waals surface area contributed by atoms with E-state index in [-0.39, 0.29) is 0 Å². The van der Waals surface area contributed by atoms with Crippen molar-refractivity contribution in [1.29, 1.82) is 0 Å². The first-order valence-electron chi connectivity index (χ1n) is 4.57. The lowest BCUT2D eigenvalue weighted by atomic mass is 10.0. The van der Waals surface area contributed by atoms with Crippen LogP contribution in [0.1, 0.15) is 16.7 Å². The minimum atomic E-state index is 0.904. The molecule has 0 heterocycles. The Morgan fingerprint density at radius 3 is 2.14 bits per heavy atom. The predicted molar refractivity (Wildman–Crippen MR) is 71.5 cm³/mol. The third-order valence-corrected chi connectivity index (χ3v) is 2.99. The first-order chi connectivity index (χ1) is 6.67. The maximum atomic E-state index is 3.51. The van der Waals surface area contributed by atoms with Gasteiger partial charge in [0.25, 0.3) is 0 Å². The fraction of sp³-hybridized carbons (Fsp3) is 0.333. The van der Waals surface area contributed by atoms with Gasteiger partial charge >= 0.3 is 0 Å². The monoisotopic (exact) mass is 316 g/mol. The Morgan fingerprint density at radius 1 is 1.14 bits per heavy atom. The lowest BCUT2D eigenvalue weighted by Crippen LogP contribution is -1.89. The van der Waals surface area contributed by atoms with E-state index < -0.39 is 0 Å². The first kappa shape index (κ1) is 12.0. The number of allylic oxidation sites excluding steroid dienone is 2. The number of hydrogen-bond donors (Lipinski definition) is 0. The van der Waals surface area contributed by atoms with Crippen LogP contribution < -0.4 is 0 Å². The number of hydrogen-bond acceptors (Lipinski definition) is 0. The van der Waals surface area contributed by atoms with Crippen molar-refractivity contribution in [3.63, 3.8) is 0 Å². The lowest BCUT2D eigenvalue weighted by molar-refractivity contribution is 1.36. The van der Waals surface area contributed by atoms with E-state index in [1.54, 1.807) is 0 Å². The van der Waals surface area contributed by atoms with E-state index >= 15 is 0 Å². The van der Waals surface area contributed by atoms with Crippen LogP contribution in [0, 0.1) is 13.8 Å². The molecule has 76 valence electrons. The lowest BCUT2D eigenvalue weighted by Gasteiger charge is -2.06. The summed E-state index contributed by atoms with van der Waals surface area (Å²) in [5.41, 5.74) is 5.30. The van der Waals surface area contributed by atoms with Gasteiger partial charge in [0.15, 0.2) is 0 Å². The summed E-state index contributed by atoms with van der Waals surface area (Å²) in [4.78, 5) is 0. The molecule has 0 saturated carbocycles. The molecule has 0 spiro atoms. The maximum absolute atomic E-state index is 3.51. The molecule has 14 heavy (non-hydrogen) atoms. The molecule has 1 aromatic rings. The van der Waals surface area contributed by atoms with Crippen LogP contribution in [0.3, 0.4) is 0 Å². The zero-order valence-electron chi connectivity index (χ0n) is 8.48. The third-order valence-electron chi connectivity index (χ3n) is 2.06. The van der Waals surface area contributed by atoms with E-state index in [2.05, 4.69) is 70.0 Å². The molecule has 0 aliphatic rings. The number of benzene rings is 1. The average Bonchev–Trinajstić information content (AvgIpc) is 2.12. The quantitative estimate of drug-likeness (QED) is 0.721. The summed E-state index contributed by atoms with van der Waals surface area (Å²) >= 11 is 6.94. The standard InChI is InChI=1S/C12H14Br2/c1-9-5-10(2)7-12(6-9)11(8-14)3-4-13/h3,5-7H,4,8H2,1-2H3/b11-3+. The van der Waals surface area contributed by atoms with Gasteiger partial charge in [-0.25, -0.2) is 0 Å². The third kappa shape index (κ3) is 3.25. The zero-order valence-corrected chi connectivity index (χ0v) is 11.7. The summed E-state index contributed by atoms with van der Waals surface area (Å²) in [6.45, 7) is 4.27. The summed E-state index contributed by atoms with van der Waals surface area (Å²) in [5, 5.41) is 1.81. The van der Waals surface area contributed by atoms with E-state index in [9.17, 15) is 0 Å². The van der Waals surface area contributed by atoms with Gasteiger partial charge in [0, 0.05) is 10.7 Å². The minimum Gasteiger partial charge on any atom is -0.0883 e. The number of rotatable bonds is 3. The van der Waals surface area contributed by atoms with Gasteiger partial charge in [-0.05, 0) is 25.0 Å². The highest BCUT2D eigenvalue weighted by Crippen LogP contribution is 2.20. The Labute approximate surface area is 103 Å². The van der Waals surface area contributed by atoms with Crippen LogP contribution in [-0.2, 0) is 0 Å². The number of halogens is 2. The Bertz CT molecular complexity index is 320. The van der Waals surface area contributed by atoms with Crippen LogP contribution in [0.15, 0.2) is 24.3 Å². The predicted octanol–water partition coefficient (Wildman–Crippen LogP) is 4.48. The highest BCUT2D eigenvalue weighted by Gasteiger charge is 2.00. The van der Waals surface area contributed by atoms with Gasteiger partial charge in [0.1, 0.15) is 0 Å². The largest absolute Gasteiger partial charge is 0.0883 e. The normalized spacial score (nSPS) is 11.9. The van der Waals surface area contributed by atoms with Crippen molar-refractivity contribution in [2.75, 3.05) is 10.7 Å². The van der Waals surface area contributed by atoms with Gasteiger partial charge in [-0.15, -0.1) is 0 Å². The van der Waals surface area contributed by atoms with Gasteiger partial charge in [-0.2, -0.15) is 0 Å². The molecular weight excluding hydrogens is 304 g/mol. The van der Waals surface area contributed by atoms with Crippen molar-refractivity contribution in [2.45, 2.75) is 13.8 Å². The highest BCUT2D eigenvalue weighted by atomic mass is 79.9. The van der Waals surface area contributed by atoms with Crippen molar-refractivity contribution in [3.05, 3.63) is 41.0 Å². The summed E-state index contributed by atoms with van der Waals surface area (Å²) in [7, 11) is 0. The molecule has 0 aliphatic carbocycles. The Balaban J connectivity index is 3.10. The number of aryl methyl sites for hydroxylation is 2. The van der Waals surface area contributed by atoms with Crippen LogP contribution in [0.2, 0.25) is 0 Å². The van der Waals surface area contributed by atoms with E-state index in [0.29, 0.717) is 0 Å². The Kier molecular flexibility index (Phi) is 4.90. The highest BCUT2D eigenvalue weighted by molar-refractivity contribution is 9.09. The average molecular weight is 318 g/mol. The van der Waals surface area contributed by atoms with E-state index in [0.717, 1.165) is 10.7 Å². The smallest absolute Gasteiger partial charge is 0.0286 e. The molecule has 0 nitrogen and oxygen atoms in total. The topological polar surface area (TPSA) is 0 Å². The molecule has 2 heteroatoms. The van der Waals surface area contributed by atoms with E-state index in [1.807, 2.05) is 0 Å². The van der Waals surface area contributed by atoms with E-state index in [4.69, 9.17) is 0 Å². The second-order valence-electron chi connectivity index (χ2n) is 3.39. The maximum Gasteiger partial charge on any atom is 0.0286 e. The van der Waals surface area contributed by atoms with Crippen LogP contribution >= 0.6 is 31.9 Å². The molecule has 0 amide bonds. The Hall–Kier alpha value is -0.0800. The number of alkyl halides is 2. The zero-order chi connectivity index (χ0) is 10.6. The SMILES string of the molecule is Cc1cc(C)cc(/C(=C/CBr)CBr)c1. The van der Waals surface area contributed by atoms with Crippen LogP contribution in [0.5, 0.6) is 0 Å². The molecular formula is C12H14Br2. The summed E-state index contributed by atoms with van der Waals surface area (Å²) < 4.78 is 0. The molecule has 0 N–H and O–H groups in total. The van der Waals surface area contributed by atoms with Crippen LogP contribution in [0.25, 0.3) is 5.57 Å². The van der Waals surface area contributed by atoms with Gasteiger partial charge in [0.2, 0.25) is 0 Å². The molecule has 0 unspecified atom stereocenters. The van der Waals surface area contributed by atoms with Crippen molar-refractivity contribution in [1.82, 2.24) is 0 Å². The van der Waals surface area contributed by atoms with Crippen LogP contribution in [-0.4, -0.2) is 10.7 Å². The fourth-order valence-electron chi connectivity index (χ4n) is 1.50. The van der Waals surface area contributed by atoms with Crippen LogP contribution in [0.4, 0.5) is 0 Å². The molecule has 0 atom stereocenters. The summed E-state index contributed by atoms with van der Waals surface area (Å²) in [6, 6.07) is 6.65. The van der Waals surface area contributed by atoms with Gasteiger partial charge < -0.3 is 0 Å². The van der Waals surface area contributed by atoms with E-state index in [1.165, 1.54) is 22.3 Å². The second-order valence-corrected chi connectivity index (χ2v) is 4.60. The fourth-order valence-corrected chi connectivity index (χ4v) is 2.45. The Morgan fingerprint density at radius 2 is 1.71 bits per heavy atom. The molecule has 1 rings (SSSR count). The molecule has 1 aromatic carbocycles. The van der Waals surface area contributed by atoms with Gasteiger partial charge in [-0.1, -0.05) is 67.3 Å². The molecule has 0 aromatic heterocycles. The summed E-state index contributed by atoms with van der Waals surface area (Å²) in [6.07, 6.45) is 2.20. The molecule has 0 fully saturated rings. The second kappa shape index (κ2) is 5.72. The van der Waals surface area contributed by atoms with Crippen molar-refractivity contribution < 1.29 is 0 Å².